The first-order chi connectivity index (χ1) is 12.1. The summed E-state index contributed by atoms with van der Waals surface area (Å²) in [6, 6.07) is 9.64. The average Bonchev–Trinajstić information content (AvgIpc) is 2.96. The van der Waals surface area contributed by atoms with Crippen LogP contribution in [0, 0.1) is 10.8 Å². The lowest BCUT2D eigenvalue weighted by Crippen LogP contribution is -2.42. The van der Waals surface area contributed by atoms with E-state index >= 15 is 0 Å². The highest BCUT2D eigenvalue weighted by Gasteiger charge is 2.23. The summed E-state index contributed by atoms with van der Waals surface area (Å²) >= 11 is 5.15. The largest absolute Gasteiger partial charge is 0.484 e. The van der Waals surface area contributed by atoms with Gasteiger partial charge in [-0.3, -0.25) is 4.79 Å². The number of nitrogens with zero attached hydrogens (tertiary/aromatic N) is 2. The van der Waals surface area contributed by atoms with Gasteiger partial charge < -0.3 is 14.5 Å². The van der Waals surface area contributed by atoms with Crippen LogP contribution < -0.4 is 10.1 Å². The van der Waals surface area contributed by atoms with Crippen molar-refractivity contribution in [2.45, 2.75) is 51.8 Å². The van der Waals surface area contributed by atoms with Crippen molar-refractivity contribution in [3.8, 4) is 5.75 Å². The summed E-state index contributed by atoms with van der Waals surface area (Å²) in [5.41, 5.74) is 0. The minimum absolute atomic E-state index is 0.0664. The number of hydrogen-bond acceptors (Lipinski definition) is 5. The number of benzene rings is 1. The predicted molar refractivity (Wildman–Crippen MR) is 95.7 cm³/mol. The number of nitrogens with one attached hydrogen (secondary N) is 1. The van der Waals surface area contributed by atoms with Crippen molar-refractivity contribution in [3.63, 3.8) is 0 Å². The van der Waals surface area contributed by atoms with Gasteiger partial charge in [-0.05, 0) is 43.1 Å². The number of ether oxygens (including phenoxy) is 1. The molecule has 1 aromatic carbocycles. The number of carbonyl (C=O) groups is 1. The van der Waals surface area contributed by atoms with Gasteiger partial charge in [-0.15, -0.1) is 5.10 Å². The molecule has 134 valence electrons. The molecule has 1 aliphatic carbocycles. The van der Waals surface area contributed by atoms with Gasteiger partial charge >= 0.3 is 0 Å². The van der Waals surface area contributed by atoms with Gasteiger partial charge in [0.1, 0.15) is 12.3 Å². The molecule has 1 N–H and O–H groups in total. The van der Waals surface area contributed by atoms with Crippen LogP contribution in [0.1, 0.15) is 38.5 Å². The van der Waals surface area contributed by atoms with E-state index < -0.39 is 0 Å². The van der Waals surface area contributed by atoms with Gasteiger partial charge in [0, 0.05) is 6.04 Å². The number of hydrogen-bond donors (Lipinski definition) is 1. The van der Waals surface area contributed by atoms with E-state index in [0.717, 1.165) is 18.6 Å². The third kappa shape index (κ3) is 4.92. The van der Waals surface area contributed by atoms with E-state index in [4.69, 9.17) is 21.4 Å². The number of para-hydroxylation sites is 1. The van der Waals surface area contributed by atoms with E-state index in [1.165, 1.54) is 17.5 Å². The van der Waals surface area contributed by atoms with Gasteiger partial charge in [0.2, 0.25) is 5.91 Å². The molecule has 2 atom stereocenters. The summed E-state index contributed by atoms with van der Waals surface area (Å²) in [4.78, 5) is 12.5. The summed E-state index contributed by atoms with van der Waals surface area (Å²) in [6.45, 7) is 2.42. The summed E-state index contributed by atoms with van der Waals surface area (Å²) < 4.78 is 12.4. The second-order valence-electron chi connectivity index (χ2n) is 6.46. The Morgan fingerprint density at radius 2 is 2.12 bits per heavy atom. The molecule has 0 bridgehead atoms. The Bertz CT molecular complexity index is 756. The maximum absolute atomic E-state index is 12.3. The van der Waals surface area contributed by atoms with Crippen molar-refractivity contribution in [1.82, 2.24) is 15.1 Å². The number of rotatable bonds is 6. The lowest BCUT2D eigenvalue weighted by atomic mass is 9.86. The fourth-order valence-corrected chi connectivity index (χ4v) is 3.29. The minimum atomic E-state index is -0.0846. The normalized spacial score (nSPS) is 20.2. The highest BCUT2D eigenvalue weighted by molar-refractivity contribution is 7.71. The average molecular weight is 361 g/mol. The van der Waals surface area contributed by atoms with Gasteiger partial charge in [-0.25, -0.2) is 4.68 Å². The number of aromatic nitrogens is 2. The first kappa shape index (κ1) is 17.7. The van der Waals surface area contributed by atoms with E-state index in [9.17, 15) is 4.79 Å². The third-order valence-corrected chi connectivity index (χ3v) is 4.80. The monoisotopic (exact) mass is 361 g/mol. The van der Waals surface area contributed by atoms with Crippen LogP contribution in [0.15, 0.2) is 34.7 Å². The molecule has 1 heterocycles. The van der Waals surface area contributed by atoms with Crippen LogP contribution in [-0.2, 0) is 17.9 Å². The molecule has 0 aliphatic heterocycles. The molecule has 0 spiro atoms. The number of carbonyl (C=O) groups excluding carboxylic acids is 1. The Labute approximate surface area is 152 Å². The molecule has 1 fully saturated rings. The van der Waals surface area contributed by atoms with Crippen molar-refractivity contribution < 1.29 is 13.9 Å². The molecule has 6 nitrogen and oxygen atoms in total. The highest BCUT2D eigenvalue weighted by atomic mass is 32.1. The molecule has 1 saturated carbocycles. The van der Waals surface area contributed by atoms with Crippen molar-refractivity contribution in [1.29, 1.82) is 0 Å². The van der Waals surface area contributed by atoms with Gasteiger partial charge in [-0.2, -0.15) is 0 Å². The minimum Gasteiger partial charge on any atom is -0.484 e. The molecular weight excluding hydrogens is 338 g/mol. The molecular formula is C18H23N3O3S. The Hall–Kier alpha value is -2.15. The van der Waals surface area contributed by atoms with Crippen LogP contribution in [0.5, 0.6) is 5.75 Å². The van der Waals surface area contributed by atoms with Crippen LogP contribution in [-0.4, -0.2) is 21.7 Å². The maximum Gasteiger partial charge on any atom is 0.287 e. The molecule has 1 aromatic heterocycles. The van der Waals surface area contributed by atoms with Gasteiger partial charge in [0.25, 0.3) is 10.7 Å². The van der Waals surface area contributed by atoms with E-state index in [2.05, 4.69) is 17.3 Å². The topological polar surface area (TPSA) is 69.3 Å². The SMILES string of the molecule is C[C@@H]1CCCC[C@@H]1NC(=O)Cn1nc(COc2ccccc2)oc1=S. The standard InChI is InChI=1S/C18H23N3O3S/c1-13-7-5-6-10-15(13)19-16(22)11-21-18(25)24-17(20-21)12-23-14-8-3-2-4-9-14/h2-4,8-9,13,15H,5-7,10-12H2,1H3,(H,19,22)/t13-,15+/m1/s1. The Morgan fingerprint density at radius 3 is 2.88 bits per heavy atom. The zero-order chi connectivity index (χ0) is 17.6. The third-order valence-electron chi connectivity index (χ3n) is 4.50. The Balaban J connectivity index is 1.55. The molecule has 0 unspecified atom stereocenters. The molecule has 3 rings (SSSR count). The zero-order valence-corrected chi connectivity index (χ0v) is 15.1. The van der Waals surface area contributed by atoms with Crippen LogP contribution in [0.2, 0.25) is 0 Å². The molecule has 1 amide bonds. The molecule has 0 saturated heterocycles. The smallest absolute Gasteiger partial charge is 0.287 e. The van der Waals surface area contributed by atoms with E-state index in [1.807, 2.05) is 30.3 Å². The lowest BCUT2D eigenvalue weighted by Gasteiger charge is -2.29. The second-order valence-corrected chi connectivity index (χ2v) is 6.81. The van der Waals surface area contributed by atoms with Crippen molar-refractivity contribution in [3.05, 3.63) is 41.1 Å². The van der Waals surface area contributed by atoms with Crippen molar-refractivity contribution in [2.75, 3.05) is 0 Å². The highest BCUT2D eigenvalue weighted by Crippen LogP contribution is 2.23. The quantitative estimate of drug-likeness (QED) is 0.798. The van der Waals surface area contributed by atoms with Crippen LogP contribution in [0.25, 0.3) is 0 Å². The van der Waals surface area contributed by atoms with E-state index in [-0.39, 0.29) is 29.9 Å². The Kier molecular flexibility index (Phi) is 5.86. The van der Waals surface area contributed by atoms with Crippen molar-refractivity contribution >= 4 is 18.1 Å². The van der Waals surface area contributed by atoms with E-state index in [0.29, 0.717) is 11.8 Å². The number of amides is 1. The van der Waals surface area contributed by atoms with E-state index in [1.54, 1.807) is 0 Å². The molecule has 25 heavy (non-hydrogen) atoms. The lowest BCUT2D eigenvalue weighted by molar-refractivity contribution is -0.123. The van der Waals surface area contributed by atoms with Gasteiger partial charge in [0.05, 0.1) is 0 Å². The van der Waals surface area contributed by atoms with Crippen LogP contribution in [0.4, 0.5) is 0 Å². The summed E-state index contributed by atoms with van der Waals surface area (Å²) in [5.74, 6) is 1.51. The van der Waals surface area contributed by atoms with Gasteiger partial charge in [-0.1, -0.05) is 38.0 Å². The Morgan fingerprint density at radius 1 is 1.36 bits per heavy atom. The summed E-state index contributed by atoms with van der Waals surface area (Å²) in [7, 11) is 0. The second kappa shape index (κ2) is 8.29. The molecule has 2 aromatic rings. The summed E-state index contributed by atoms with van der Waals surface area (Å²) in [5, 5.41) is 7.33. The molecule has 1 aliphatic rings. The van der Waals surface area contributed by atoms with Gasteiger partial charge in [0.15, 0.2) is 6.61 Å². The predicted octanol–water partition coefficient (Wildman–Crippen LogP) is 3.48. The zero-order valence-electron chi connectivity index (χ0n) is 14.3. The van der Waals surface area contributed by atoms with Crippen LogP contribution in [0.3, 0.4) is 0 Å². The first-order valence-corrected chi connectivity index (χ1v) is 9.06. The fourth-order valence-electron chi connectivity index (χ4n) is 3.09. The summed E-state index contributed by atoms with van der Waals surface area (Å²) in [6.07, 6.45) is 4.61. The fraction of sp³-hybridized carbons (Fsp3) is 0.500. The first-order valence-electron chi connectivity index (χ1n) is 8.66. The maximum atomic E-state index is 12.3. The van der Waals surface area contributed by atoms with Crippen molar-refractivity contribution in [2.24, 2.45) is 5.92 Å². The van der Waals surface area contributed by atoms with Crippen LogP contribution >= 0.6 is 12.2 Å². The molecule has 0 radical (unpaired) electrons. The molecule has 7 heteroatoms.